The van der Waals surface area contributed by atoms with Crippen LogP contribution < -0.4 is 16.8 Å². The number of rotatable bonds is 0. The summed E-state index contributed by atoms with van der Waals surface area (Å²) < 4.78 is 0. The third-order valence-electron chi connectivity index (χ3n) is 1.82. The summed E-state index contributed by atoms with van der Waals surface area (Å²) in [7, 11) is 0. The molecule has 1 aliphatic carbocycles. The minimum absolute atomic E-state index is 0.330. The number of nitrogens with one attached hydrogen (secondary N) is 1. The lowest BCUT2D eigenvalue weighted by Gasteiger charge is -2.16. The molecule has 4 heteroatoms. The van der Waals surface area contributed by atoms with Gasteiger partial charge in [-0.3, -0.25) is 0 Å². The fourth-order valence-corrected chi connectivity index (χ4v) is 1.24. The van der Waals surface area contributed by atoms with Crippen molar-refractivity contribution in [3.8, 4) is 0 Å². The maximum atomic E-state index is 5.70. The molecule has 0 radical (unpaired) electrons. The molecule has 0 aromatic heterocycles. The van der Waals surface area contributed by atoms with E-state index in [1.807, 2.05) is 30.4 Å². The van der Waals surface area contributed by atoms with Gasteiger partial charge in [0, 0.05) is 5.57 Å². The summed E-state index contributed by atoms with van der Waals surface area (Å²) in [5.74, 6) is 0.777. The Hall–Kier alpha value is -1.97. The van der Waals surface area contributed by atoms with Crippen LogP contribution in [0, 0.1) is 0 Å². The molecule has 2 aliphatic rings. The highest BCUT2D eigenvalue weighted by atomic mass is 15.1. The molecule has 2 rings (SSSR count). The highest BCUT2D eigenvalue weighted by Gasteiger charge is 2.13. The van der Waals surface area contributed by atoms with Crippen molar-refractivity contribution in [2.75, 3.05) is 0 Å². The van der Waals surface area contributed by atoms with Crippen molar-refractivity contribution < 1.29 is 0 Å². The van der Waals surface area contributed by atoms with Crippen LogP contribution in [0.4, 0.5) is 0 Å². The highest BCUT2D eigenvalue weighted by Crippen LogP contribution is 2.17. The zero-order chi connectivity index (χ0) is 9.26. The van der Waals surface area contributed by atoms with Crippen LogP contribution in [-0.2, 0) is 0 Å². The summed E-state index contributed by atoms with van der Waals surface area (Å²) in [4.78, 5) is 3.93. The molecule has 13 heavy (non-hydrogen) atoms. The zero-order valence-corrected chi connectivity index (χ0v) is 6.99. The molecular weight excluding hydrogens is 164 g/mol. The van der Waals surface area contributed by atoms with E-state index in [9.17, 15) is 0 Å². The van der Waals surface area contributed by atoms with Gasteiger partial charge in [0.1, 0.15) is 5.82 Å². The Morgan fingerprint density at radius 1 is 1.15 bits per heavy atom. The molecule has 0 amide bonds. The summed E-state index contributed by atoms with van der Waals surface area (Å²) in [6.45, 7) is 0. The van der Waals surface area contributed by atoms with Crippen molar-refractivity contribution in [3.63, 3.8) is 0 Å². The molecule has 4 nitrogen and oxygen atoms in total. The van der Waals surface area contributed by atoms with Crippen LogP contribution >= 0.6 is 0 Å². The van der Waals surface area contributed by atoms with Gasteiger partial charge in [0.2, 0.25) is 0 Å². The van der Waals surface area contributed by atoms with E-state index in [0.717, 1.165) is 11.3 Å². The molecule has 0 bridgehead atoms. The molecule has 5 N–H and O–H groups in total. The predicted molar refractivity (Wildman–Crippen MR) is 52.3 cm³/mol. The van der Waals surface area contributed by atoms with E-state index in [1.54, 1.807) is 0 Å². The summed E-state index contributed by atoms with van der Waals surface area (Å²) in [5, 5.41) is 2.94. The fraction of sp³-hybridized carbons (Fsp3) is 0. The minimum Gasteiger partial charge on any atom is -0.383 e. The zero-order valence-electron chi connectivity index (χ0n) is 6.99. The molecule has 0 unspecified atom stereocenters. The Bertz CT molecular complexity index is 382. The van der Waals surface area contributed by atoms with Gasteiger partial charge < -0.3 is 16.8 Å². The topological polar surface area (TPSA) is 76.4 Å². The third-order valence-corrected chi connectivity index (χ3v) is 1.82. The van der Waals surface area contributed by atoms with Gasteiger partial charge in [0.25, 0.3) is 0 Å². The summed E-state index contributed by atoms with van der Waals surface area (Å²) >= 11 is 0. The summed E-state index contributed by atoms with van der Waals surface area (Å²) in [5.41, 5.74) is 13.0. The molecule has 0 fully saturated rings. The Kier molecular flexibility index (Phi) is 1.66. The largest absolute Gasteiger partial charge is 0.383 e. The second kappa shape index (κ2) is 2.82. The minimum atomic E-state index is 0.330. The Morgan fingerprint density at radius 3 is 2.85 bits per heavy atom. The average Bonchev–Trinajstić information content (AvgIpc) is 2.28. The Morgan fingerprint density at radius 2 is 2.00 bits per heavy atom. The molecule has 0 atom stereocenters. The van der Waals surface area contributed by atoms with Gasteiger partial charge in [-0.2, -0.15) is 4.99 Å². The summed E-state index contributed by atoms with van der Waals surface area (Å²) in [6, 6.07) is 0. The Labute approximate surface area is 76.0 Å². The number of nitrogens with zero attached hydrogens (tertiary/aromatic N) is 1. The molecule has 66 valence electrons. The van der Waals surface area contributed by atoms with E-state index in [2.05, 4.69) is 10.3 Å². The summed E-state index contributed by atoms with van der Waals surface area (Å²) in [6.07, 6.45) is 9.54. The normalized spacial score (nSPS) is 20.0. The fourth-order valence-electron chi connectivity index (χ4n) is 1.24. The SMILES string of the molecule is NC1=NC(N)=C2C=CC=CC=C2N1. The van der Waals surface area contributed by atoms with E-state index in [4.69, 9.17) is 11.5 Å². The van der Waals surface area contributed by atoms with Crippen molar-refractivity contribution in [1.29, 1.82) is 0 Å². The average molecular weight is 174 g/mol. The molecule has 1 aliphatic heterocycles. The second-order valence-electron chi connectivity index (χ2n) is 2.75. The van der Waals surface area contributed by atoms with Crippen molar-refractivity contribution in [3.05, 3.63) is 47.5 Å². The van der Waals surface area contributed by atoms with Crippen LogP contribution in [0.5, 0.6) is 0 Å². The van der Waals surface area contributed by atoms with Crippen LogP contribution in [0.15, 0.2) is 52.5 Å². The maximum absolute atomic E-state index is 5.70. The smallest absolute Gasteiger partial charge is 0.199 e. The van der Waals surface area contributed by atoms with Gasteiger partial charge in [0.15, 0.2) is 5.96 Å². The van der Waals surface area contributed by atoms with Crippen LogP contribution in [0.3, 0.4) is 0 Å². The van der Waals surface area contributed by atoms with Gasteiger partial charge >= 0.3 is 0 Å². The van der Waals surface area contributed by atoms with Gasteiger partial charge in [-0.25, -0.2) is 0 Å². The van der Waals surface area contributed by atoms with Gasteiger partial charge in [0.05, 0.1) is 5.70 Å². The molecule has 1 heterocycles. The Balaban J connectivity index is 2.53. The van der Waals surface area contributed by atoms with Crippen LogP contribution in [0.25, 0.3) is 0 Å². The number of hydrogen-bond acceptors (Lipinski definition) is 4. The lowest BCUT2D eigenvalue weighted by atomic mass is 10.1. The first-order chi connectivity index (χ1) is 6.27. The first-order valence-electron chi connectivity index (χ1n) is 3.94. The second-order valence-corrected chi connectivity index (χ2v) is 2.75. The highest BCUT2D eigenvalue weighted by molar-refractivity contribution is 5.84. The molecule has 0 saturated heterocycles. The number of hydrogen-bond donors (Lipinski definition) is 3. The molecule has 0 spiro atoms. The number of fused-ring (bicyclic) bond motifs is 1. The maximum Gasteiger partial charge on any atom is 0.199 e. The van der Waals surface area contributed by atoms with Crippen molar-refractivity contribution >= 4 is 5.96 Å². The number of aliphatic imine (C=N–C) groups is 1. The van der Waals surface area contributed by atoms with E-state index >= 15 is 0 Å². The van der Waals surface area contributed by atoms with Gasteiger partial charge in [-0.05, 0) is 12.2 Å². The van der Waals surface area contributed by atoms with Gasteiger partial charge in [-0.1, -0.05) is 18.2 Å². The van der Waals surface area contributed by atoms with Crippen LogP contribution in [-0.4, -0.2) is 5.96 Å². The van der Waals surface area contributed by atoms with Gasteiger partial charge in [-0.15, -0.1) is 0 Å². The third kappa shape index (κ3) is 1.33. The number of nitrogens with two attached hydrogens (primary N) is 2. The first kappa shape index (κ1) is 7.67. The first-order valence-corrected chi connectivity index (χ1v) is 3.94. The molecule has 0 aromatic carbocycles. The predicted octanol–water partition coefficient (Wildman–Crippen LogP) is 0.0845. The van der Waals surface area contributed by atoms with Crippen molar-refractivity contribution in [2.24, 2.45) is 16.5 Å². The van der Waals surface area contributed by atoms with E-state index in [-0.39, 0.29) is 0 Å². The lowest BCUT2D eigenvalue weighted by molar-refractivity contribution is 1.02. The molecular formula is C9H10N4. The standard InChI is InChI=1S/C9H10N4/c10-8-6-4-2-1-3-5-7(6)12-9(11)13-8/h1-5H,10H2,(H3,11,12,13). The monoisotopic (exact) mass is 174 g/mol. The number of guanidine groups is 1. The van der Waals surface area contributed by atoms with E-state index in [0.29, 0.717) is 11.8 Å². The molecule has 0 aromatic rings. The van der Waals surface area contributed by atoms with Crippen LogP contribution in [0.1, 0.15) is 0 Å². The van der Waals surface area contributed by atoms with Crippen molar-refractivity contribution in [2.45, 2.75) is 0 Å². The van der Waals surface area contributed by atoms with E-state index in [1.165, 1.54) is 0 Å². The number of allylic oxidation sites excluding steroid dienone is 5. The molecule has 0 saturated carbocycles. The lowest BCUT2D eigenvalue weighted by Crippen LogP contribution is -2.35. The van der Waals surface area contributed by atoms with Crippen LogP contribution in [0.2, 0.25) is 0 Å². The van der Waals surface area contributed by atoms with Crippen molar-refractivity contribution in [1.82, 2.24) is 5.32 Å². The van der Waals surface area contributed by atoms with E-state index < -0.39 is 0 Å². The quantitative estimate of drug-likeness (QED) is 0.487.